The molecular weight excluding hydrogens is 248 g/mol. The Kier molecular flexibility index (Phi) is 3.55. The van der Waals surface area contributed by atoms with Gasteiger partial charge >= 0.3 is 0 Å². The van der Waals surface area contributed by atoms with Gasteiger partial charge < -0.3 is 10.6 Å². The van der Waals surface area contributed by atoms with Gasteiger partial charge in [0.15, 0.2) is 0 Å². The van der Waals surface area contributed by atoms with Crippen molar-refractivity contribution in [3.05, 3.63) is 34.9 Å². The van der Waals surface area contributed by atoms with Crippen LogP contribution in [-0.2, 0) is 4.79 Å². The quantitative estimate of drug-likeness (QED) is 0.900. The van der Waals surface area contributed by atoms with Gasteiger partial charge in [0.25, 0.3) is 0 Å². The van der Waals surface area contributed by atoms with E-state index in [0.29, 0.717) is 18.4 Å². The number of carbonyl (C=O) groups excluding carboxylic acids is 1. The molecule has 0 radical (unpaired) electrons. The minimum Gasteiger partial charge on any atom is -0.331 e. The summed E-state index contributed by atoms with van der Waals surface area (Å²) in [4.78, 5) is 14.5. The molecule has 0 bridgehead atoms. The van der Waals surface area contributed by atoms with E-state index in [0.717, 1.165) is 25.7 Å². The predicted octanol–water partition coefficient (Wildman–Crippen LogP) is 2.85. The van der Waals surface area contributed by atoms with Gasteiger partial charge in [0.05, 0.1) is 6.04 Å². The van der Waals surface area contributed by atoms with Crippen molar-refractivity contribution in [2.45, 2.75) is 64.1 Å². The second-order valence-electron chi connectivity index (χ2n) is 6.38. The largest absolute Gasteiger partial charge is 0.331 e. The molecule has 1 aliphatic carbocycles. The highest BCUT2D eigenvalue weighted by molar-refractivity contribution is 5.78. The molecule has 1 aromatic carbocycles. The van der Waals surface area contributed by atoms with Crippen LogP contribution < -0.4 is 5.73 Å². The first-order chi connectivity index (χ1) is 9.58. The van der Waals surface area contributed by atoms with Crippen molar-refractivity contribution in [2.75, 3.05) is 0 Å². The van der Waals surface area contributed by atoms with Gasteiger partial charge in [-0.05, 0) is 56.2 Å². The highest BCUT2D eigenvalue weighted by Crippen LogP contribution is 2.39. The van der Waals surface area contributed by atoms with E-state index in [-0.39, 0.29) is 12.1 Å². The lowest BCUT2D eigenvalue weighted by Gasteiger charge is -2.34. The minimum absolute atomic E-state index is 0.0594. The standard InChI is InChI=1S/C17H24N2O/c1-11-6-7-13(10-12(11)2)17-15(18)4-3-5-16(20)19(17)14-8-9-14/h6-7,10,14-15,17H,3-5,8-9,18H2,1-2H3. The van der Waals surface area contributed by atoms with E-state index in [1.165, 1.54) is 16.7 Å². The summed E-state index contributed by atoms with van der Waals surface area (Å²) in [6.07, 6.45) is 4.79. The zero-order valence-corrected chi connectivity index (χ0v) is 12.4. The maximum absolute atomic E-state index is 12.4. The van der Waals surface area contributed by atoms with E-state index < -0.39 is 0 Å². The second kappa shape index (κ2) is 5.21. The fraction of sp³-hybridized carbons (Fsp3) is 0.588. The minimum atomic E-state index is 0.0594. The van der Waals surface area contributed by atoms with Crippen LogP contribution in [-0.4, -0.2) is 22.9 Å². The monoisotopic (exact) mass is 272 g/mol. The molecule has 2 unspecified atom stereocenters. The molecule has 2 aliphatic rings. The number of aryl methyl sites for hydroxylation is 2. The molecule has 0 aromatic heterocycles. The number of hydrogen-bond acceptors (Lipinski definition) is 2. The lowest BCUT2D eigenvalue weighted by atomic mass is 9.93. The zero-order chi connectivity index (χ0) is 14.3. The molecule has 2 N–H and O–H groups in total. The van der Waals surface area contributed by atoms with Gasteiger partial charge in [0.2, 0.25) is 5.91 Å². The second-order valence-corrected chi connectivity index (χ2v) is 6.38. The molecule has 1 aliphatic heterocycles. The van der Waals surface area contributed by atoms with E-state index >= 15 is 0 Å². The third kappa shape index (κ3) is 2.47. The predicted molar refractivity (Wildman–Crippen MR) is 80.4 cm³/mol. The van der Waals surface area contributed by atoms with Gasteiger partial charge in [-0.15, -0.1) is 0 Å². The number of nitrogens with two attached hydrogens (primary N) is 1. The van der Waals surface area contributed by atoms with Crippen LogP contribution >= 0.6 is 0 Å². The van der Waals surface area contributed by atoms with Crippen molar-refractivity contribution >= 4 is 5.91 Å². The molecule has 20 heavy (non-hydrogen) atoms. The van der Waals surface area contributed by atoms with Gasteiger partial charge in [0.1, 0.15) is 0 Å². The molecule has 3 heteroatoms. The number of benzene rings is 1. The Morgan fingerprint density at radius 3 is 2.55 bits per heavy atom. The summed E-state index contributed by atoms with van der Waals surface area (Å²) in [5.41, 5.74) is 10.2. The molecule has 3 nitrogen and oxygen atoms in total. The molecule has 2 atom stereocenters. The third-order valence-corrected chi connectivity index (χ3v) is 4.73. The van der Waals surface area contributed by atoms with Crippen molar-refractivity contribution in [1.82, 2.24) is 4.90 Å². The van der Waals surface area contributed by atoms with Gasteiger partial charge in [-0.2, -0.15) is 0 Å². The Labute approximate surface area is 121 Å². The number of amides is 1. The van der Waals surface area contributed by atoms with Gasteiger partial charge in [0, 0.05) is 18.5 Å². The van der Waals surface area contributed by atoms with Crippen molar-refractivity contribution in [3.8, 4) is 0 Å². The Hall–Kier alpha value is -1.35. The summed E-state index contributed by atoms with van der Waals surface area (Å²) in [7, 11) is 0. The van der Waals surface area contributed by atoms with Gasteiger partial charge in [-0.25, -0.2) is 0 Å². The summed E-state index contributed by atoms with van der Waals surface area (Å²) in [6.45, 7) is 4.25. The Balaban J connectivity index is 2.00. The van der Waals surface area contributed by atoms with Crippen LogP contribution in [0.25, 0.3) is 0 Å². The van der Waals surface area contributed by atoms with Crippen LogP contribution in [0.5, 0.6) is 0 Å². The van der Waals surface area contributed by atoms with Crippen LogP contribution in [0, 0.1) is 13.8 Å². The molecule has 1 amide bonds. The maximum Gasteiger partial charge on any atom is 0.223 e. The van der Waals surface area contributed by atoms with Gasteiger partial charge in [-0.3, -0.25) is 4.79 Å². The fourth-order valence-corrected chi connectivity index (χ4v) is 3.28. The summed E-state index contributed by atoms with van der Waals surface area (Å²) in [5.74, 6) is 0.295. The molecule has 2 fully saturated rings. The van der Waals surface area contributed by atoms with E-state index in [1.807, 2.05) is 0 Å². The summed E-state index contributed by atoms with van der Waals surface area (Å²) < 4.78 is 0. The molecule has 0 spiro atoms. The lowest BCUT2D eigenvalue weighted by Crippen LogP contribution is -2.43. The highest BCUT2D eigenvalue weighted by atomic mass is 16.2. The van der Waals surface area contributed by atoms with Crippen molar-refractivity contribution in [1.29, 1.82) is 0 Å². The molecule has 3 rings (SSSR count). The average Bonchev–Trinajstić information content (AvgIpc) is 3.22. The number of rotatable bonds is 2. The number of hydrogen-bond donors (Lipinski definition) is 1. The lowest BCUT2D eigenvalue weighted by molar-refractivity contribution is -0.133. The van der Waals surface area contributed by atoms with Crippen molar-refractivity contribution < 1.29 is 4.79 Å². The van der Waals surface area contributed by atoms with Crippen LogP contribution in [0.2, 0.25) is 0 Å². The summed E-state index contributed by atoms with van der Waals surface area (Å²) >= 11 is 0. The molecule has 108 valence electrons. The van der Waals surface area contributed by atoms with E-state index in [9.17, 15) is 4.79 Å². The smallest absolute Gasteiger partial charge is 0.223 e. The summed E-state index contributed by atoms with van der Waals surface area (Å²) in [5, 5.41) is 0. The fourth-order valence-electron chi connectivity index (χ4n) is 3.28. The Morgan fingerprint density at radius 1 is 1.15 bits per heavy atom. The van der Waals surface area contributed by atoms with Crippen LogP contribution in [0.3, 0.4) is 0 Å². The first kappa shape index (κ1) is 13.6. The van der Waals surface area contributed by atoms with E-state index in [4.69, 9.17) is 5.73 Å². The van der Waals surface area contributed by atoms with Crippen LogP contribution in [0.1, 0.15) is 54.8 Å². The van der Waals surface area contributed by atoms with Crippen molar-refractivity contribution in [2.24, 2.45) is 5.73 Å². The van der Waals surface area contributed by atoms with Gasteiger partial charge in [-0.1, -0.05) is 18.2 Å². The first-order valence-electron chi connectivity index (χ1n) is 7.72. The number of nitrogens with zero attached hydrogens (tertiary/aromatic N) is 1. The SMILES string of the molecule is Cc1ccc(C2C(N)CCCC(=O)N2C2CC2)cc1C. The van der Waals surface area contributed by atoms with Crippen LogP contribution in [0.4, 0.5) is 0 Å². The number of likely N-dealkylation sites (tertiary alicyclic amines) is 1. The maximum atomic E-state index is 12.4. The summed E-state index contributed by atoms with van der Waals surface area (Å²) in [6, 6.07) is 7.08. The average molecular weight is 272 g/mol. The molecule has 1 saturated heterocycles. The first-order valence-corrected chi connectivity index (χ1v) is 7.72. The zero-order valence-electron chi connectivity index (χ0n) is 12.4. The third-order valence-electron chi connectivity index (χ3n) is 4.73. The van der Waals surface area contributed by atoms with Crippen molar-refractivity contribution in [3.63, 3.8) is 0 Å². The normalized spacial score (nSPS) is 27.6. The highest BCUT2D eigenvalue weighted by Gasteiger charge is 2.41. The van der Waals surface area contributed by atoms with E-state index in [2.05, 4.69) is 36.9 Å². The molecular formula is C17H24N2O. The Bertz CT molecular complexity index is 522. The molecule has 1 aromatic rings. The topological polar surface area (TPSA) is 46.3 Å². The van der Waals surface area contributed by atoms with E-state index in [1.54, 1.807) is 0 Å². The Morgan fingerprint density at radius 2 is 1.90 bits per heavy atom. The molecule has 1 heterocycles. The number of carbonyl (C=O) groups is 1. The van der Waals surface area contributed by atoms with Crippen LogP contribution in [0.15, 0.2) is 18.2 Å². The molecule has 1 saturated carbocycles.